The Kier molecular flexibility index (Phi) is 4.63. The van der Waals surface area contributed by atoms with Crippen LogP contribution in [-0.2, 0) is 0 Å². The van der Waals surface area contributed by atoms with Crippen LogP contribution in [0.4, 0.5) is 0 Å². The highest BCUT2D eigenvalue weighted by atomic mass is 35.5. The highest BCUT2D eigenvalue weighted by Crippen LogP contribution is 2.42. The van der Waals surface area contributed by atoms with Crippen molar-refractivity contribution in [1.82, 2.24) is 14.5 Å². The Morgan fingerprint density at radius 2 is 2.08 bits per heavy atom. The molecule has 4 rings (SSSR count). The van der Waals surface area contributed by atoms with Crippen molar-refractivity contribution >= 4 is 17.5 Å². The standard InChI is InChI=1S/C19H22ClN3O3/c1-26-18-3-2-14(20)8-15(18)19(25)23-9-12-6-16(22-5-4-21-11-22)17(24)7-13(12)10-23/h2-5,8,11-13,16-17,24H,6-7,9-10H2,1H3/t12-,13+,16-,17-/m1/s1. The van der Waals surface area contributed by atoms with Gasteiger partial charge in [-0.1, -0.05) is 11.6 Å². The van der Waals surface area contributed by atoms with Crippen molar-refractivity contribution in [1.29, 1.82) is 0 Å². The number of ether oxygens (including phenoxy) is 1. The molecule has 2 heterocycles. The monoisotopic (exact) mass is 375 g/mol. The van der Waals surface area contributed by atoms with Gasteiger partial charge in [-0.05, 0) is 42.9 Å². The third-order valence-corrected chi connectivity index (χ3v) is 5.93. The summed E-state index contributed by atoms with van der Waals surface area (Å²) >= 11 is 6.07. The number of nitrogens with zero attached hydrogens (tertiary/aromatic N) is 3. The number of rotatable bonds is 3. The number of fused-ring (bicyclic) bond motifs is 1. The minimum absolute atomic E-state index is 0.0227. The van der Waals surface area contributed by atoms with Crippen LogP contribution in [0.5, 0.6) is 5.75 Å². The van der Waals surface area contributed by atoms with Gasteiger partial charge in [-0.2, -0.15) is 0 Å². The molecule has 1 aliphatic carbocycles. The summed E-state index contributed by atoms with van der Waals surface area (Å²) in [5.41, 5.74) is 0.491. The maximum atomic E-state index is 13.0. The molecule has 1 saturated heterocycles. The number of hydrogen-bond donors (Lipinski definition) is 1. The zero-order chi connectivity index (χ0) is 18.3. The van der Waals surface area contributed by atoms with E-state index in [4.69, 9.17) is 16.3 Å². The zero-order valence-electron chi connectivity index (χ0n) is 14.6. The molecule has 1 aliphatic heterocycles. The number of aliphatic hydroxyl groups is 1. The lowest BCUT2D eigenvalue weighted by Gasteiger charge is -2.35. The van der Waals surface area contributed by atoms with Gasteiger partial charge in [0.25, 0.3) is 5.91 Å². The Bertz CT molecular complexity index is 795. The second-order valence-corrected chi connectivity index (χ2v) is 7.63. The van der Waals surface area contributed by atoms with Gasteiger partial charge in [0.05, 0.1) is 31.1 Å². The van der Waals surface area contributed by atoms with Gasteiger partial charge in [-0.15, -0.1) is 0 Å². The van der Waals surface area contributed by atoms with E-state index >= 15 is 0 Å². The van der Waals surface area contributed by atoms with Crippen molar-refractivity contribution in [2.45, 2.75) is 25.0 Å². The number of likely N-dealkylation sites (tertiary alicyclic amines) is 1. The molecular weight excluding hydrogens is 354 g/mol. The van der Waals surface area contributed by atoms with E-state index in [9.17, 15) is 9.90 Å². The SMILES string of the molecule is COc1ccc(Cl)cc1C(=O)N1C[C@H]2C[C@@H](n3ccnc3)[C@H](O)C[C@H]2C1. The summed E-state index contributed by atoms with van der Waals surface area (Å²) in [6.07, 6.45) is 6.50. The highest BCUT2D eigenvalue weighted by molar-refractivity contribution is 6.31. The molecule has 2 aromatic rings. The normalized spacial score (nSPS) is 28.0. The molecule has 1 aromatic carbocycles. The van der Waals surface area contributed by atoms with Crippen molar-refractivity contribution in [3.05, 3.63) is 47.5 Å². The zero-order valence-corrected chi connectivity index (χ0v) is 15.3. The highest BCUT2D eigenvalue weighted by Gasteiger charge is 2.43. The van der Waals surface area contributed by atoms with Crippen LogP contribution in [0.1, 0.15) is 29.2 Å². The van der Waals surface area contributed by atoms with E-state index in [1.54, 1.807) is 37.8 Å². The quantitative estimate of drug-likeness (QED) is 0.895. The van der Waals surface area contributed by atoms with Crippen LogP contribution in [0.2, 0.25) is 5.02 Å². The molecule has 2 fully saturated rings. The Hall–Kier alpha value is -2.05. The Morgan fingerprint density at radius 1 is 1.31 bits per heavy atom. The fraction of sp³-hybridized carbons (Fsp3) is 0.474. The summed E-state index contributed by atoms with van der Waals surface area (Å²) < 4.78 is 7.30. The van der Waals surface area contributed by atoms with Crippen LogP contribution in [-0.4, -0.2) is 51.8 Å². The van der Waals surface area contributed by atoms with Gasteiger partial charge in [-0.3, -0.25) is 4.79 Å². The van der Waals surface area contributed by atoms with E-state index < -0.39 is 6.10 Å². The fourth-order valence-corrected chi connectivity index (χ4v) is 4.55. The van der Waals surface area contributed by atoms with E-state index in [2.05, 4.69) is 4.98 Å². The summed E-state index contributed by atoms with van der Waals surface area (Å²) in [6, 6.07) is 5.12. The third-order valence-electron chi connectivity index (χ3n) is 5.70. The topological polar surface area (TPSA) is 67.6 Å². The third kappa shape index (κ3) is 3.08. The molecule has 138 valence electrons. The number of halogens is 1. The van der Waals surface area contributed by atoms with Gasteiger partial charge in [0.1, 0.15) is 5.75 Å². The number of aromatic nitrogens is 2. The van der Waals surface area contributed by atoms with Crippen LogP contribution in [0.15, 0.2) is 36.9 Å². The van der Waals surface area contributed by atoms with Crippen molar-refractivity contribution in [2.75, 3.05) is 20.2 Å². The molecule has 0 spiro atoms. The summed E-state index contributed by atoms with van der Waals surface area (Å²) in [6.45, 7) is 1.35. The molecule has 0 radical (unpaired) electrons. The molecule has 1 aromatic heterocycles. The van der Waals surface area contributed by atoms with Crippen molar-refractivity contribution in [3.8, 4) is 5.75 Å². The molecule has 4 atom stereocenters. The molecule has 0 unspecified atom stereocenters. The number of methoxy groups -OCH3 is 1. The van der Waals surface area contributed by atoms with E-state index in [-0.39, 0.29) is 11.9 Å². The van der Waals surface area contributed by atoms with Crippen LogP contribution >= 0.6 is 11.6 Å². The number of amides is 1. The Morgan fingerprint density at radius 3 is 2.77 bits per heavy atom. The first-order chi connectivity index (χ1) is 12.6. The number of hydrogen-bond acceptors (Lipinski definition) is 4. The summed E-state index contributed by atoms with van der Waals surface area (Å²) in [5, 5.41) is 11.1. The van der Waals surface area contributed by atoms with Crippen molar-refractivity contribution < 1.29 is 14.6 Å². The first-order valence-electron chi connectivity index (χ1n) is 8.85. The molecular formula is C19H22ClN3O3. The van der Waals surface area contributed by atoms with Crippen LogP contribution in [0, 0.1) is 11.8 Å². The first-order valence-corrected chi connectivity index (χ1v) is 9.23. The molecule has 1 amide bonds. The van der Waals surface area contributed by atoms with Gasteiger partial charge in [0, 0.05) is 30.5 Å². The number of carbonyl (C=O) groups is 1. The smallest absolute Gasteiger partial charge is 0.257 e. The van der Waals surface area contributed by atoms with E-state index in [0.29, 0.717) is 47.7 Å². The second-order valence-electron chi connectivity index (χ2n) is 7.19. The van der Waals surface area contributed by atoms with E-state index in [1.165, 1.54) is 0 Å². The van der Waals surface area contributed by atoms with Crippen molar-refractivity contribution in [2.24, 2.45) is 11.8 Å². The number of aliphatic hydroxyl groups excluding tert-OH is 1. The van der Waals surface area contributed by atoms with Crippen LogP contribution in [0.3, 0.4) is 0 Å². The van der Waals surface area contributed by atoms with Gasteiger partial charge >= 0.3 is 0 Å². The lowest BCUT2D eigenvalue weighted by Crippen LogP contribution is -2.35. The van der Waals surface area contributed by atoms with Gasteiger partial charge < -0.3 is 19.3 Å². The maximum absolute atomic E-state index is 13.0. The average molecular weight is 376 g/mol. The molecule has 1 saturated carbocycles. The van der Waals surface area contributed by atoms with Gasteiger partial charge in [0.2, 0.25) is 0 Å². The Labute approximate surface area is 157 Å². The molecule has 7 heteroatoms. The van der Waals surface area contributed by atoms with Gasteiger partial charge in [-0.25, -0.2) is 4.98 Å². The van der Waals surface area contributed by atoms with Gasteiger partial charge in [0.15, 0.2) is 0 Å². The predicted molar refractivity (Wildman–Crippen MR) is 97.4 cm³/mol. The lowest BCUT2D eigenvalue weighted by molar-refractivity contribution is 0.0357. The minimum Gasteiger partial charge on any atom is -0.496 e. The minimum atomic E-state index is -0.416. The second kappa shape index (κ2) is 6.93. The lowest BCUT2D eigenvalue weighted by atomic mass is 9.77. The molecule has 0 bridgehead atoms. The molecule has 2 aliphatic rings. The van der Waals surface area contributed by atoms with Crippen LogP contribution < -0.4 is 4.74 Å². The summed E-state index contributed by atoms with van der Waals surface area (Å²) in [4.78, 5) is 19.0. The van der Waals surface area contributed by atoms with E-state index in [1.807, 2.05) is 15.7 Å². The number of imidazole rings is 1. The molecule has 1 N–H and O–H groups in total. The maximum Gasteiger partial charge on any atom is 0.257 e. The van der Waals surface area contributed by atoms with E-state index in [0.717, 1.165) is 6.42 Å². The summed E-state index contributed by atoms with van der Waals surface area (Å²) in [5.74, 6) is 1.16. The van der Waals surface area contributed by atoms with Crippen LogP contribution in [0.25, 0.3) is 0 Å². The summed E-state index contributed by atoms with van der Waals surface area (Å²) in [7, 11) is 1.55. The largest absolute Gasteiger partial charge is 0.496 e. The number of benzene rings is 1. The molecule has 6 nitrogen and oxygen atoms in total. The Balaban J connectivity index is 1.52. The first kappa shape index (κ1) is 17.4. The molecule has 26 heavy (non-hydrogen) atoms. The van der Waals surface area contributed by atoms with Crippen molar-refractivity contribution in [3.63, 3.8) is 0 Å². The number of carbonyl (C=O) groups excluding carboxylic acids is 1. The predicted octanol–water partition coefficient (Wildman–Crippen LogP) is 2.63. The fourth-order valence-electron chi connectivity index (χ4n) is 4.38. The average Bonchev–Trinajstić information content (AvgIpc) is 3.29.